The molecule has 0 aliphatic carbocycles. The van der Waals surface area contributed by atoms with Crippen molar-refractivity contribution in [2.24, 2.45) is 0 Å². The number of rotatable bonds is 3. The Morgan fingerprint density at radius 2 is 1.89 bits per heavy atom. The molecule has 1 aromatic carbocycles. The summed E-state index contributed by atoms with van der Waals surface area (Å²) in [5.41, 5.74) is 0.948. The third-order valence-corrected chi connectivity index (χ3v) is 3.53. The lowest BCUT2D eigenvalue weighted by Crippen LogP contribution is -2.18. The van der Waals surface area contributed by atoms with Crippen LogP contribution in [0.3, 0.4) is 0 Å². The molecule has 0 fully saturated rings. The smallest absolute Gasteiger partial charge is 0.211 e. The van der Waals surface area contributed by atoms with Gasteiger partial charge in [-0.05, 0) is 24.4 Å². The number of thiocarbonyl (C=S) groups is 1. The summed E-state index contributed by atoms with van der Waals surface area (Å²) < 4.78 is 0. The Hall–Kier alpha value is -1.53. The van der Waals surface area contributed by atoms with Crippen molar-refractivity contribution in [3.63, 3.8) is 0 Å². The third-order valence-electron chi connectivity index (χ3n) is 2.19. The van der Waals surface area contributed by atoms with E-state index in [1.807, 2.05) is 30.3 Å². The summed E-state index contributed by atoms with van der Waals surface area (Å²) >= 11 is 6.73. The molecule has 0 saturated heterocycles. The van der Waals surface area contributed by atoms with Gasteiger partial charge in [0.25, 0.3) is 0 Å². The molecule has 1 aromatic heterocycles. The molecule has 0 spiro atoms. The van der Waals surface area contributed by atoms with Crippen LogP contribution < -0.4 is 10.6 Å². The van der Waals surface area contributed by atoms with Crippen LogP contribution in [0.5, 0.6) is 0 Å². The zero-order valence-corrected chi connectivity index (χ0v) is 11.8. The first kappa shape index (κ1) is 12.9. The van der Waals surface area contributed by atoms with Crippen LogP contribution in [0, 0.1) is 0 Å². The molecule has 0 aliphatic heterocycles. The number of para-hydroxylation sites is 1. The van der Waals surface area contributed by atoms with E-state index in [4.69, 9.17) is 12.2 Å². The van der Waals surface area contributed by atoms with E-state index in [2.05, 4.69) is 34.7 Å². The van der Waals surface area contributed by atoms with E-state index < -0.39 is 0 Å². The van der Waals surface area contributed by atoms with E-state index in [-0.39, 0.29) is 0 Å². The van der Waals surface area contributed by atoms with Crippen LogP contribution in [0.4, 0.5) is 10.8 Å². The van der Waals surface area contributed by atoms with Gasteiger partial charge < -0.3 is 10.6 Å². The number of nitrogens with zero attached hydrogens (tertiary/aromatic N) is 2. The molecule has 2 aromatic rings. The molecule has 0 aliphatic rings. The van der Waals surface area contributed by atoms with E-state index in [0.29, 0.717) is 16.2 Å². The van der Waals surface area contributed by atoms with E-state index in [1.165, 1.54) is 11.3 Å². The summed E-state index contributed by atoms with van der Waals surface area (Å²) in [6.07, 6.45) is 0. The van der Waals surface area contributed by atoms with Crippen molar-refractivity contribution >= 4 is 39.5 Å². The van der Waals surface area contributed by atoms with Crippen molar-refractivity contribution in [1.82, 2.24) is 10.2 Å². The second kappa shape index (κ2) is 5.88. The van der Waals surface area contributed by atoms with Gasteiger partial charge in [-0.1, -0.05) is 43.4 Å². The number of aromatic nitrogens is 2. The SMILES string of the molecule is CC(C)c1nnc(NC(=S)Nc2ccccc2)s1. The first-order valence-corrected chi connectivity index (χ1v) is 6.84. The maximum Gasteiger partial charge on any atom is 0.211 e. The van der Waals surface area contributed by atoms with E-state index in [1.54, 1.807) is 0 Å². The van der Waals surface area contributed by atoms with Crippen molar-refractivity contribution in [1.29, 1.82) is 0 Å². The lowest BCUT2D eigenvalue weighted by Gasteiger charge is -2.07. The van der Waals surface area contributed by atoms with E-state index in [9.17, 15) is 0 Å². The normalized spacial score (nSPS) is 10.4. The number of nitrogens with one attached hydrogen (secondary N) is 2. The Morgan fingerprint density at radius 1 is 1.17 bits per heavy atom. The Bertz CT molecular complexity index is 522. The van der Waals surface area contributed by atoms with Crippen LogP contribution in [0.1, 0.15) is 24.8 Å². The molecule has 4 nitrogen and oxygen atoms in total. The molecule has 0 atom stereocenters. The van der Waals surface area contributed by atoms with Crippen molar-refractivity contribution in [3.8, 4) is 0 Å². The summed E-state index contributed by atoms with van der Waals surface area (Å²) in [7, 11) is 0. The summed E-state index contributed by atoms with van der Waals surface area (Å²) in [4.78, 5) is 0. The maximum atomic E-state index is 5.21. The third kappa shape index (κ3) is 3.48. The summed E-state index contributed by atoms with van der Waals surface area (Å²) in [6.45, 7) is 4.18. The molecule has 0 radical (unpaired) electrons. The van der Waals surface area contributed by atoms with Gasteiger partial charge in [-0.25, -0.2) is 0 Å². The average Bonchev–Trinajstić information content (AvgIpc) is 2.78. The summed E-state index contributed by atoms with van der Waals surface area (Å²) in [5.74, 6) is 0.383. The van der Waals surface area contributed by atoms with Gasteiger partial charge in [0.1, 0.15) is 5.01 Å². The quantitative estimate of drug-likeness (QED) is 0.842. The van der Waals surface area contributed by atoms with Gasteiger partial charge in [0.2, 0.25) is 5.13 Å². The fourth-order valence-corrected chi connectivity index (χ4v) is 2.33. The van der Waals surface area contributed by atoms with Crippen LogP contribution in [-0.2, 0) is 0 Å². The van der Waals surface area contributed by atoms with Crippen LogP contribution >= 0.6 is 23.6 Å². The number of benzene rings is 1. The van der Waals surface area contributed by atoms with Crippen molar-refractivity contribution in [3.05, 3.63) is 35.3 Å². The monoisotopic (exact) mass is 278 g/mol. The molecule has 6 heteroatoms. The fourth-order valence-electron chi connectivity index (χ4n) is 1.30. The fraction of sp³-hybridized carbons (Fsp3) is 0.250. The highest BCUT2D eigenvalue weighted by Gasteiger charge is 2.08. The largest absolute Gasteiger partial charge is 0.332 e. The van der Waals surface area contributed by atoms with Crippen molar-refractivity contribution in [2.45, 2.75) is 19.8 Å². The van der Waals surface area contributed by atoms with Gasteiger partial charge in [-0.3, -0.25) is 0 Å². The molecule has 0 unspecified atom stereocenters. The molecular weight excluding hydrogens is 264 g/mol. The van der Waals surface area contributed by atoms with Crippen molar-refractivity contribution in [2.75, 3.05) is 10.6 Å². The number of hydrogen-bond acceptors (Lipinski definition) is 4. The number of anilines is 2. The van der Waals surface area contributed by atoms with E-state index >= 15 is 0 Å². The minimum atomic E-state index is 0.383. The first-order chi connectivity index (χ1) is 8.65. The van der Waals surface area contributed by atoms with E-state index in [0.717, 1.165) is 10.7 Å². The minimum absolute atomic E-state index is 0.383. The van der Waals surface area contributed by atoms with Crippen LogP contribution in [0.25, 0.3) is 0 Å². The molecular formula is C12H14N4S2. The second-order valence-corrected chi connectivity index (χ2v) is 5.46. The van der Waals surface area contributed by atoms with Gasteiger partial charge in [-0.2, -0.15) is 0 Å². The topological polar surface area (TPSA) is 49.8 Å². The Kier molecular flexibility index (Phi) is 4.22. The zero-order valence-electron chi connectivity index (χ0n) is 10.2. The molecule has 2 rings (SSSR count). The average molecular weight is 278 g/mol. The summed E-state index contributed by atoms with van der Waals surface area (Å²) in [5, 5.41) is 16.5. The molecule has 18 heavy (non-hydrogen) atoms. The lowest BCUT2D eigenvalue weighted by molar-refractivity contribution is 0.825. The highest BCUT2D eigenvalue weighted by molar-refractivity contribution is 7.80. The van der Waals surface area contributed by atoms with Gasteiger partial charge in [0.05, 0.1) is 0 Å². The molecule has 94 valence electrons. The van der Waals surface area contributed by atoms with Gasteiger partial charge in [-0.15, -0.1) is 10.2 Å². The van der Waals surface area contributed by atoms with Gasteiger partial charge in [0.15, 0.2) is 5.11 Å². The van der Waals surface area contributed by atoms with Crippen LogP contribution in [0.2, 0.25) is 0 Å². The van der Waals surface area contributed by atoms with Gasteiger partial charge in [0, 0.05) is 11.6 Å². The highest BCUT2D eigenvalue weighted by Crippen LogP contribution is 2.22. The Morgan fingerprint density at radius 3 is 2.50 bits per heavy atom. The van der Waals surface area contributed by atoms with Crippen LogP contribution in [-0.4, -0.2) is 15.3 Å². The first-order valence-electron chi connectivity index (χ1n) is 5.61. The second-order valence-electron chi connectivity index (χ2n) is 4.05. The maximum absolute atomic E-state index is 5.21. The standard InChI is InChI=1S/C12H14N4S2/c1-8(2)10-15-16-12(18-10)14-11(17)13-9-6-4-3-5-7-9/h3-8H,1-2H3,(H2,13,14,16,17). The Labute approximate surface area is 115 Å². The zero-order chi connectivity index (χ0) is 13.0. The number of hydrogen-bond donors (Lipinski definition) is 2. The Balaban J connectivity index is 1.95. The summed E-state index contributed by atoms with van der Waals surface area (Å²) in [6, 6.07) is 9.77. The predicted octanol–water partition coefficient (Wildman–Crippen LogP) is 3.47. The molecule has 0 saturated carbocycles. The molecule has 1 heterocycles. The van der Waals surface area contributed by atoms with Crippen molar-refractivity contribution < 1.29 is 0 Å². The minimum Gasteiger partial charge on any atom is -0.332 e. The van der Waals surface area contributed by atoms with Gasteiger partial charge >= 0.3 is 0 Å². The van der Waals surface area contributed by atoms with Crippen LogP contribution in [0.15, 0.2) is 30.3 Å². The molecule has 0 amide bonds. The molecule has 0 bridgehead atoms. The lowest BCUT2D eigenvalue weighted by atomic mass is 10.2. The molecule has 2 N–H and O–H groups in total. The predicted molar refractivity (Wildman–Crippen MR) is 80.3 cm³/mol. The highest BCUT2D eigenvalue weighted by atomic mass is 32.1.